The summed E-state index contributed by atoms with van der Waals surface area (Å²) in [6, 6.07) is 10.5. The average Bonchev–Trinajstić information content (AvgIpc) is 2.61. The number of hydrogen-bond donors (Lipinski definition) is 1. The Labute approximate surface area is 150 Å². The molecule has 1 saturated heterocycles. The number of nitrogens with one attached hydrogen (secondary N) is 1. The van der Waals surface area contributed by atoms with E-state index in [2.05, 4.69) is 28.2 Å². The molecule has 0 radical (unpaired) electrons. The Balaban J connectivity index is 1.79. The monoisotopic (exact) mass is 337 g/mol. The van der Waals surface area contributed by atoms with Crippen LogP contribution in [0.3, 0.4) is 0 Å². The van der Waals surface area contributed by atoms with Crippen molar-refractivity contribution < 1.29 is 4.79 Å². The second-order valence-electron chi connectivity index (χ2n) is 6.98. The van der Waals surface area contributed by atoms with Crippen molar-refractivity contribution in [2.24, 2.45) is 0 Å². The number of aromatic nitrogens is 1. The van der Waals surface area contributed by atoms with Crippen LogP contribution in [0.5, 0.6) is 0 Å². The molecule has 1 N–H and O–H groups in total. The molecule has 0 spiro atoms. The number of pyridine rings is 1. The maximum Gasteiger partial charge on any atom is 0.274 e. The Kier molecular flexibility index (Phi) is 5.37. The molecule has 1 aliphatic rings. The van der Waals surface area contributed by atoms with E-state index in [1.807, 2.05) is 38.1 Å². The summed E-state index contributed by atoms with van der Waals surface area (Å²) in [5, 5.41) is 2.98. The number of aryl methyl sites for hydroxylation is 2. The fourth-order valence-electron chi connectivity index (χ4n) is 3.73. The van der Waals surface area contributed by atoms with E-state index in [0.717, 1.165) is 35.5 Å². The first-order chi connectivity index (χ1) is 12.1. The van der Waals surface area contributed by atoms with Crippen LogP contribution in [0.4, 0.5) is 11.4 Å². The molecular formula is C21H27N3O. The fraction of sp³-hybridized carbons (Fsp3) is 0.429. The summed E-state index contributed by atoms with van der Waals surface area (Å²) in [4.78, 5) is 19.3. The Morgan fingerprint density at radius 2 is 1.96 bits per heavy atom. The zero-order valence-corrected chi connectivity index (χ0v) is 15.4. The van der Waals surface area contributed by atoms with Gasteiger partial charge in [-0.1, -0.05) is 13.0 Å². The second kappa shape index (κ2) is 7.68. The SMILES string of the molecule is CCC1CCCCN1c1ccnc(C(=O)Nc2cc(C)cc(C)c2)c1. The highest BCUT2D eigenvalue weighted by Gasteiger charge is 2.22. The van der Waals surface area contributed by atoms with Crippen molar-refractivity contribution in [2.45, 2.75) is 52.5 Å². The summed E-state index contributed by atoms with van der Waals surface area (Å²) in [5.74, 6) is -0.156. The minimum atomic E-state index is -0.156. The first kappa shape index (κ1) is 17.5. The van der Waals surface area contributed by atoms with Crippen LogP contribution in [0, 0.1) is 13.8 Å². The molecule has 1 amide bonds. The molecule has 1 atom stereocenters. The van der Waals surface area contributed by atoms with Crippen molar-refractivity contribution in [1.82, 2.24) is 4.98 Å². The van der Waals surface area contributed by atoms with Crippen molar-refractivity contribution in [3.8, 4) is 0 Å². The van der Waals surface area contributed by atoms with Gasteiger partial charge >= 0.3 is 0 Å². The molecule has 0 aliphatic carbocycles. The third-order valence-electron chi connectivity index (χ3n) is 4.89. The van der Waals surface area contributed by atoms with E-state index in [9.17, 15) is 4.79 Å². The number of nitrogens with zero attached hydrogens (tertiary/aromatic N) is 2. The van der Waals surface area contributed by atoms with E-state index in [-0.39, 0.29) is 5.91 Å². The molecule has 1 fully saturated rings. The van der Waals surface area contributed by atoms with Gasteiger partial charge in [-0.2, -0.15) is 0 Å². The molecule has 0 bridgehead atoms. The topological polar surface area (TPSA) is 45.2 Å². The summed E-state index contributed by atoms with van der Waals surface area (Å²) < 4.78 is 0. The third kappa shape index (κ3) is 4.19. The molecule has 1 aliphatic heterocycles. The van der Waals surface area contributed by atoms with E-state index in [1.165, 1.54) is 19.3 Å². The largest absolute Gasteiger partial charge is 0.368 e. The van der Waals surface area contributed by atoms with Crippen LogP contribution in [0.2, 0.25) is 0 Å². The minimum absolute atomic E-state index is 0.156. The number of rotatable bonds is 4. The lowest BCUT2D eigenvalue weighted by molar-refractivity contribution is 0.102. The molecule has 132 valence electrons. The maximum absolute atomic E-state index is 12.6. The van der Waals surface area contributed by atoms with Gasteiger partial charge in [0.05, 0.1) is 0 Å². The molecule has 2 heterocycles. The summed E-state index contributed by atoms with van der Waals surface area (Å²) in [5.41, 5.74) is 4.66. The number of piperidine rings is 1. The van der Waals surface area contributed by atoms with Crippen LogP contribution >= 0.6 is 0 Å². The maximum atomic E-state index is 12.6. The normalized spacial score (nSPS) is 17.4. The Bertz CT molecular complexity index is 736. The molecule has 25 heavy (non-hydrogen) atoms. The molecule has 0 saturated carbocycles. The van der Waals surface area contributed by atoms with Crippen molar-refractivity contribution in [3.05, 3.63) is 53.3 Å². The molecule has 1 aromatic carbocycles. The van der Waals surface area contributed by atoms with Crippen LogP contribution in [-0.2, 0) is 0 Å². The number of hydrogen-bond acceptors (Lipinski definition) is 3. The number of carbonyl (C=O) groups excluding carboxylic acids is 1. The molecule has 1 aromatic heterocycles. The van der Waals surface area contributed by atoms with Crippen molar-refractivity contribution in [2.75, 3.05) is 16.8 Å². The summed E-state index contributed by atoms with van der Waals surface area (Å²) >= 11 is 0. The van der Waals surface area contributed by atoms with Crippen LogP contribution < -0.4 is 10.2 Å². The Morgan fingerprint density at radius 3 is 2.68 bits per heavy atom. The first-order valence-electron chi connectivity index (χ1n) is 9.19. The number of amides is 1. The van der Waals surface area contributed by atoms with Gasteiger partial charge in [-0.3, -0.25) is 9.78 Å². The zero-order valence-electron chi connectivity index (χ0n) is 15.4. The van der Waals surface area contributed by atoms with Crippen LogP contribution in [0.15, 0.2) is 36.5 Å². The molecule has 4 heteroatoms. The van der Waals surface area contributed by atoms with Crippen LogP contribution in [0.1, 0.15) is 54.2 Å². The fourth-order valence-corrected chi connectivity index (χ4v) is 3.73. The van der Waals surface area contributed by atoms with Gasteiger partial charge in [0, 0.05) is 30.2 Å². The van der Waals surface area contributed by atoms with Crippen molar-refractivity contribution in [3.63, 3.8) is 0 Å². The summed E-state index contributed by atoms with van der Waals surface area (Å²) in [6.07, 6.45) is 6.60. The zero-order chi connectivity index (χ0) is 17.8. The average molecular weight is 337 g/mol. The lowest BCUT2D eigenvalue weighted by Gasteiger charge is -2.37. The van der Waals surface area contributed by atoms with E-state index in [1.54, 1.807) is 6.20 Å². The quantitative estimate of drug-likeness (QED) is 0.878. The predicted octanol–water partition coefficient (Wildman–Crippen LogP) is 4.72. The number of carbonyl (C=O) groups is 1. The Hall–Kier alpha value is -2.36. The van der Waals surface area contributed by atoms with E-state index in [4.69, 9.17) is 0 Å². The highest BCUT2D eigenvalue weighted by molar-refractivity contribution is 6.03. The lowest BCUT2D eigenvalue weighted by Crippen LogP contribution is -2.39. The predicted molar refractivity (Wildman–Crippen MR) is 103 cm³/mol. The number of anilines is 2. The minimum Gasteiger partial charge on any atom is -0.368 e. The van der Waals surface area contributed by atoms with Gasteiger partial charge in [0.25, 0.3) is 5.91 Å². The van der Waals surface area contributed by atoms with E-state index in [0.29, 0.717) is 11.7 Å². The molecular weight excluding hydrogens is 310 g/mol. The smallest absolute Gasteiger partial charge is 0.274 e. The van der Waals surface area contributed by atoms with Gasteiger partial charge in [-0.05, 0) is 74.9 Å². The molecule has 1 unspecified atom stereocenters. The highest BCUT2D eigenvalue weighted by Crippen LogP contribution is 2.26. The highest BCUT2D eigenvalue weighted by atomic mass is 16.1. The van der Waals surface area contributed by atoms with E-state index >= 15 is 0 Å². The Morgan fingerprint density at radius 1 is 1.20 bits per heavy atom. The molecule has 4 nitrogen and oxygen atoms in total. The van der Waals surface area contributed by atoms with Gasteiger partial charge in [0.1, 0.15) is 5.69 Å². The van der Waals surface area contributed by atoms with Crippen LogP contribution in [0.25, 0.3) is 0 Å². The number of benzene rings is 1. The van der Waals surface area contributed by atoms with Crippen molar-refractivity contribution >= 4 is 17.3 Å². The van der Waals surface area contributed by atoms with Gasteiger partial charge in [-0.15, -0.1) is 0 Å². The van der Waals surface area contributed by atoms with E-state index < -0.39 is 0 Å². The standard InChI is InChI=1S/C21H27N3O/c1-4-18-7-5-6-10-24(18)19-8-9-22-20(14-19)21(25)23-17-12-15(2)11-16(3)13-17/h8-9,11-14,18H,4-7,10H2,1-3H3,(H,23,25). The molecule has 3 rings (SSSR count). The van der Waals surface area contributed by atoms with Gasteiger partial charge < -0.3 is 10.2 Å². The van der Waals surface area contributed by atoms with Crippen molar-refractivity contribution in [1.29, 1.82) is 0 Å². The first-order valence-corrected chi connectivity index (χ1v) is 9.19. The van der Waals surface area contributed by atoms with Crippen LogP contribution in [-0.4, -0.2) is 23.5 Å². The van der Waals surface area contributed by atoms with Gasteiger partial charge in [0.15, 0.2) is 0 Å². The lowest BCUT2D eigenvalue weighted by atomic mass is 9.99. The third-order valence-corrected chi connectivity index (χ3v) is 4.89. The van der Waals surface area contributed by atoms with Gasteiger partial charge in [0.2, 0.25) is 0 Å². The van der Waals surface area contributed by atoms with Gasteiger partial charge in [-0.25, -0.2) is 0 Å². The summed E-state index contributed by atoms with van der Waals surface area (Å²) in [6.45, 7) is 7.35. The molecule has 2 aromatic rings. The summed E-state index contributed by atoms with van der Waals surface area (Å²) in [7, 11) is 0. The second-order valence-corrected chi connectivity index (χ2v) is 6.98.